The van der Waals surface area contributed by atoms with Gasteiger partial charge in [-0.25, -0.2) is 0 Å². The predicted molar refractivity (Wildman–Crippen MR) is 246 cm³/mol. The molecule has 5 aromatic rings. The zero-order chi connectivity index (χ0) is 41.6. The molecule has 0 amide bonds. The second-order valence-corrected chi connectivity index (χ2v) is 19.0. The Bertz CT molecular complexity index is 2070. The van der Waals surface area contributed by atoms with Crippen LogP contribution in [-0.4, -0.2) is 4.98 Å². The van der Waals surface area contributed by atoms with Crippen molar-refractivity contribution in [2.24, 2.45) is 0 Å². The van der Waals surface area contributed by atoms with Crippen molar-refractivity contribution < 1.29 is 0 Å². The number of hydrogen-bond donors (Lipinski definition) is 0. The average Bonchev–Trinajstić information content (AvgIpc) is 3.16. The van der Waals surface area contributed by atoms with Crippen molar-refractivity contribution in [3.05, 3.63) is 161 Å². The van der Waals surface area contributed by atoms with E-state index < -0.39 is 5.02 Å². The van der Waals surface area contributed by atoms with Crippen molar-refractivity contribution in [1.82, 2.24) is 4.98 Å². The first kappa shape index (κ1) is 48.7. The van der Waals surface area contributed by atoms with Gasteiger partial charge in [0.2, 0.25) is 0 Å². The highest BCUT2D eigenvalue weighted by Gasteiger charge is 2.41. The summed E-state index contributed by atoms with van der Waals surface area (Å²) < 4.78 is 0. The van der Waals surface area contributed by atoms with Crippen LogP contribution in [0.2, 0.25) is 116 Å². The minimum Gasteiger partial charge on any atom is -0.252 e. The summed E-state index contributed by atoms with van der Waals surface area (Å²) in [5.41, 5.74) is -1.60. The minimum atomic E-state index is -0.396. The Hall–Kier alpha value is 2.70. The summed E-state index contributed by atoms with van der Waals surface area (Å²) in [6.07, 6.45) is 0. The number of hydrogen-bond acceptors (Lipinski definition) is 1. The summed E-state index contributed by atoms with van der Waals surface area (Å²) in [6.45, 7) is 0. The number of halogens is 23. The van der Waals surface area contributed by atoms with Gasteiger partial charge < -0.3 is 0 Å². The largest absolute Gasteiger partial charge is 0.252 e. The van der Waals surface area contributed by atoms with Crippen LogP contribution in [0.5, 0.6) is 0 Å². The number of pyridine rings is 1. The summed E-state index contributed by atoms with van der Waals surface area (Å²) >= 11 is 153. The maximum atomic E-state index is 6.97. The van der Waals surface area contributed by atoms with Crippen molar-refractivity contribution in [1.29, 1.82) is 0 Å². The second-order valence-electron chi connectivity index (χ2n) is 10.3. The lowest BCUT2D eigenvalue weighted by molar-refractivity contribution is 1.04. The fourth-order valence-electron chi connectivity index (χ4n) is 4.87. The monoisotopic (exact) mass is 1190 g/mol. The molecule has 0 unspecified atom stereocenters. The number of nitrogens with zero attached hydrogens (tertiary/aromatic N) is 1. The van der Waals surface area contributed by atoms with Gasteiger partial charge >= 0.3 is 0 Å². The van der Waals surface area contributed by atoms with E-state index in [1.165, 1.54) is 0 Å². The Kier molecular flexibility index (Phi) is 16.7. The van der Waals surface area contributed by atoms with Gasteiger partial charge in [0.1, 0.15) is 0 Å². The Morgan fingerprint density at radius 2 is 0.309 bits per heavy atom. The van der Waals surface area contributed by atoms with Crippen LogP contribution in [0.15, 0.2) is 0 Å². The van der Waals surface area contributed by atoms with Crippen LogP contribution >= 0.6 is 267 Å². The van der Waals surface area contributed by atoms with Crippen LogP contribution in [0.3, 0.4) is 0 Å². The van der Waals surface area contributed by atoms with Crippen molar-refractivity contribution >= 4 is 267 Å². The van der Waals surface area contributed by atoms with Crippen LogP contribution in [0, 0.1) is 11.8 Å². The van der Waals surface area contributed by atoms with Crippen LogP contribution in [0.1, 0.15) is 33.6 Å². The zero-order valence-electron chi connectivity index (χ0n) is 24.6. The maximum Gasteiger partial charge on any atom is 0.0895 e. The molecule has 0 aliphatic rings. The molecule has 0 aliphatic carbocycles. The maximum absolute atomic E-state index is 6.97. The van der Waals surface area contributed by atoms with Gasteiger partial charge in [0.25, 0.3) is 0 Å². The van der Waals surface area contributed by atoms with Crippen LogP contribution < -0.4 is 0 Å². The predicted octanol–water partition coefficient (Wildman–Crippen LogP) is 22.1. The van der Waals surface area contributed by atoms with Gasteiger partial charge in [0.05, 0.1) is 139 Å². The Morgan fingerprint density at radius 3 is 0.473 bits per heavy atom. The highest BCUT2D eigenvalue weighted by atomic mass is 35.5. The topological polar surface area (TPSA) is 12.9 Å². The molecule has 0 bridgehead atoms. The Morgan fingerprint density at radius 1 is 0.182 bits per heavy atom. The summed E-state index contributed by atoms with van der Waals surface area (Å²) in [6, 6.07) is 0. The van der Waals surface area contributed by atoms with Gasteiger partial charge in [-0.05, 0) is 0 Å². The number of benzene rings is 4. The summed E-state index contributed by atoms with van der Waals surface area (Å²) in [5.74, 6) is -0.521. The first-order valence-electron chi connectivity index (χ1n) is 13.3. The molecule has 24 heteroatoms. The van der Waals surface area contributed by atoms with Crippen molar-refractivity contribution in [2.45, 2.75) is 0 Å². The van der Waals surface area contributed by atoms with E-state index in [-0.39, 0.29) is 156 Å². The Balaban J connectivity index is 2.10. The average molecular weight is 1200 g/mol. The lowest BCUT2D eigenvalue weighted by Gasteiger charge is -2.29. The van der Waals surface area contributed by atoms with E-state index in [0.29, 0.717) is 0 Å². The third-order valence-corrected chi connectivity index (χ3v) is 17.8. The first-order valence-corrected chi connectivity index (χ1v) is 22.0. The summed E-state index contributed by atoms with van der Waals surface area (Å²) in [5, 5.41) is -6.81. The molecule has 0 fully saturated rings. The van der Waals surface area contributed by atoms with Crippen molar-refractivity contribution in [2.75, 3.05) is 0 Å². The molecule has 0 saturated heterocycles. The molecule has 1 heterocycles. The SMILES string of the molecule is Clc1c([C](c2c(Cl)c(Cl)c(Cl)c(Cl)c2Cl)c2c(Cl)c(Cl)c(Cl)c(Cl)c2Cl)nc([C](c2c(Cl)c(Cl)c(Cl)c(Cl)c2Cl)c2c(Cl)c(Cl)c(Cl)c(Cl)c2Cl)c(Cl)c1Cl. The van der Waals surface area contributed by atoms with E-state index in [9.17, 15) is 0 Å². The number of rotatable bonds is 6. The molecular weight excluding hydrogens is 1200 g/mol. The molecule has 290 valence electrons. The molecule has 1 nitrogen and oxygen atoms in total. The van der Waals surface area contributed by atoms with E-state index in [1.807, 2.05) is 0 Å². The zero-order valence-corrected chi connectivity index (χ0v) is 42.0. The van der Waals surface area contributed by atoms with E-state index in [0.717, 1.165) is 0 Å². The van der Waals surface area contributed by atoms with Crippen LogP contribution in [0.25, 0.3) is 0 Å². The molecule has 1 aromatic heterocycles. The molecule has 0 aliphatic heterocycles. The molecule has 0 atom stereocenters. The first-order chi connectivity index (χ1) is 25.4. The van der Waals surface area contributed by atoms with Gasteiger partial charge in [-0.2, -0.15) is 0 Å². The lowest BCUT2D eigenvalue weighted by Crippen LogP contribution is -2.17. The Labute approximate surface area is 427 Å². The van der Waals surface area contributed by atoms with Gasteiger partial charge in [0.15, 0.2) is 0 Å². The quantitative estimate of drug-likeness (QED) is 0.122. The molecule has 55 heavy (non-hydrogen) atoms. The van der Waals surface area contributed by atoms with Gasteiger partial charge in [0, 0.05) is 22.3 Å². The van der Waals surface area contributed by atoms with Crippen LogP contribution in [0.4, 0.5) is 0 Å². The molecule has 0 N–H and O–H groups in total. The third kappa shape index (κ3) is 8.33. The highest BCUT2D eigenvalue weighted by Crippen LogP contribution is 2.59. The van der Waals surface area contributed by atoms with Gasteiger partial charge in [-0.15, -0.1) is 0 Å². The van der Waals surface area contributed by atoms with E-state index in [4.69, 9.17) is 272 Å². The third-order valence-electron chi connectivity index (χ3n) is 7.34. The molecule has 5 rings (SSSR count). The molecule has 0 spiro atoms. The standard InChI is InChI=1S/C31Cl23N/c32-7-3(8(33)16(41)23(48)15(7)40)1(4-9(34)17(42)24(49)18(43)10(4)35)30-28(53)27(52)29(54)31(55-30)2(5-11(36)19(44)25(50)20(45)12(5)37)6-13(38)21(46)26(51)22(47)14(6)39. The van der Waals surface area contributed by atoms with E-state index in [1.54, 1.807) is 0 Å². The molecule has 2 radical (unpaired) electrons. The number of aromatic nitrogens is 1. The molecule has 4 aromatic carbocycles. The lowest BCUT2D eigenvalue weighted by atomic mass is 9.85. The second kappa shape index (κ2) is 18.8. The van der Waals surface area contributed by atoms with Gasteiger partial charge in [-0.1, -0.05) is 267 Å². The fraction of sp³-hybridized carbons (Fsp3) is 0. The molecule has 0 saturated carbocycles. The van der Waals surface area contributed by atoms with E-state index in [2.05, 4.69) is 0 Å². The fourth-order valence-corrected chi connectivity index (χ4v) is 10.9. The van der Waals surface area contributed by atoms with Gasteiger partial charge in [-0.3, -0.25) is 4.98 Å². The smallest absolute Gasteiger partial charge is 0.0895 e. The van der Waals surface area contributed by atoms with Crippen molar-refractivity contribution in [3.63, 3.8) is 0 Å². The highest BCUT2D eigenvalue weighted by molar-refractivity contribution is 6.59. The van der Waals surface area contributed by atoms with E-state index >= 15 is 0 Å². The summed E-state index contributed by atoms with van der Waals surface area (Å²) in [4.78, 5) is 4.83. The molecular formula is C31Cl23N. The van der Waals surface area contributed by atoms with Crippen LogP contribution in [-0.2, 0) is 0 Å². The normalized spacial score (nSPS) is 11.9. The summed E-state index contributed by atoms with van der Waals surface area (Å²) in [7, 11) is 0. The van der Waals surface area contributed by atoms with Crippen molar-refractivity contribution in [3.8, 4) is 0 Å². The minimum absolute atomic E-state index is 0.219.